The summed E-state index contributed by atoms with van der Waals surface area (Å²) in [5.74, 6) is 0.597. The van der Waals surface area contributed by atoms with Crippen LogP contribution in [0.5, 0.6) is 5.75 Å². The molecule has 0 fully saturated rings. The molecule has 100 valence electrons. The molecule has 3 N–H and O–H groups in total. The minimum absolute atomic E-state index is 0.0201. The molecule has 0 saturated carbocycles. The highest BCUT2D eigenvalue weighted by atomic mass is 16.5. The molecule has 18 heavy (non-hydrogen) atoms. The number of ether oxygens (including phenoxy) is 1. The van der Waals surface area contributed by atoms with E-state index in [4.69, 9.17) is 10.5 Å². The van der Waals surface area contributed by atoms with Crippen LogP contribution in [-0.2, 0) is 4.79 Å². The second kappa shape index (κ2) is 6.40. The molecule has 3 atom stereocenters. The van der Waals surface area contributed by atoms with Crippen molar-refractivity contribution in [3.05, 3.63) is 29.8 Å². The summed E-state index contributed by atoms with van der Waals surface area (Å²) in [5, 5.41) is 2.95. The first-order chi connectivity index (χ1) is 8.45. The van der Waals surface area contributed by atoms with E-state index in [9.17, 15) is 4.79 Å². The summed E-state index contributed by atoms with van der Waals surface area (Å²) >= 11 is 0. The van der Waals surface area contributed by atoms with E-state index in [2.05, 4.69) is 5.32 Å². The van der Waals surface area contributed by atoms with Crippen LogP contribution >= 0.6 is 0 Å². The average molecular weight is 250 g/mol. The highest BCUT2D eigenvalue weighted by Gasteiger charge is 2.19. The number of methoxy groups -OCH3 is 1. The van der Waals surface area contributed by atoms with Crippen molar-refractivity contribution in [1.29, 1.82) is 0 Å². The van der Waals surface area contributed by atoms with Crippen molar-refractivity contribution in [3.63, 3.8) is 0 Å². The molecule has 0 aliphatic rings. The van der Waals surface area contributed by atoms with E-state index < -0.39 is 0 Å². The van der Waals surface area contributed by atoms with Gasteiger partial charge in [0.05, 0.1) is 13.2 Å². The van der Waals surface area contributed by atoms with Crippen LogP contribution in [0.3, 0.4) is 0 Å². The minimum Gasteiger partial charge on any atom is -0.497 e. The minimum atomic E-state index is -0.189. The highest BCUT2D eigenvalue weighted by Crippen LogP contribution is 2.17. The maximum atomic E-state index is 11.9. The molecule has 4 heteroatoms. The smallest absolute Gasteiger partial charge is 0.224 e. The van der Waals surface area contributed by atoms with E-state index in [1.165, 1.54) is 0 Å². The van der Waals surface area contributed by atoms with Crippen molar-refractivity contribution in [2.45, 2.75) is 32.9 Å². The van der Waals surface area contributed by atoms with E-state index in [-0.39, 0.29) is 23.9 Å². The Hall–Kier alpha value is -1.55. The SMILES string of the molecule is COc1ccc(C(C)NC(=O)C(C)C(C)N)cc1. The van der Waals surface area contributed by atoms with Crippen molar-refractivity contribution in [2.24, 2.45) is 11.7 Å². The summed E-state index contributed by atoms with van der Waals surface area (Å²) in [6, 6.07) is 7.47. The molecule has 0 bridgehead atoms. The first-order valence-electron chi connectivity index (χ1n) is 6.15. The van der Waals surface area contributed by atoms with Crippen molar-refractivity contribution in [1.82, 2.24) is 5.32 Å². The monoisotopic (exact) mass is 250 g/mol. The van der Waals surface area contributed by atoms with Crippen LogP contribution in [0.25, 0.3) is 0 Å². The Morgan fingerprint density at radius 1 is 1.22 bits per heavy atom. The Kier molecular flexibility index (Phi) is 5.16. The van der Waals surface area contributed by atoms with Gasteiger partial charge in [0.1, 0.15) is 5.75 Å². The topological polar surface area (TPSA) is 64.3 Å². The predicted octanol–water partition coefficient (Wildman–Crippen LogP) is 1.86. The number of carbonyl (C=O) groups excluding carboxylic acids is 1. The van der Waals surface area contributed by atoms with E-state index in [1.54, 1.807) is 7.11 Å². The van der Waals surface area contributed by atoms with Crippen LogP contribution in [0.1, 0.15) is 32.4 Å². The molecule has 0 spiro atoms. The van der Waals surface area contributed by atoms with Crippen molar-refractivity contribution in [2.75, 3.05) is 7.11 Å². The van der Waals surface area contributed by atoms with Crippen LogP contribution in [0.2, 0.25) is 0 Å². The molecule has 1 aromatic rings. The Bertz CT molecular complexity index is 387. The van der Waals surface area contributed by atoms with Gasteiger partial charge in [-0.05, 0) is 31.5 Å². The van der Waals surface area contributed by atoms with Crippen LogP contribution in [0.4, 0.5) is 0 Å². The second-order valence-electron chi connectivity index (χ2n) is 4.65. The number of rotatable bonds is 5. The summed E-state index contributed by atoms with van der Waals surface area (Å²) in [5.41, 5.74) is 6.75. The number of nitrogens with one attached hydrogen (secondary N) is 1. The van der Waals surface area contributed by atoms with Gasteiger partial charge in [0.25, 0.3) is 0 Å². The lowest BCUT2D eigenvalue weighted by Gasteiger charge is -2.20. The summed E-state index contributed by atoms with van der Waals surface area (Å²) < 4.78 is 5.10. The van der Waals surface area contributed by atoms with Gasteiger partial charge in [-0.15, -0.1) is 0 Å². The van der Waals surface area contributed by atoms with Crippen LogP contribution in [-0.4, -0.2) is 19.1 Å². The van der Waals surface area contributed by atoms with Gasteiger partial charge in [0, 0.05) is 12.0 Å². The average Bonchev–Trinajstić information content (AvgIpc) is 2.37. The van der Waals surface area contributed by atoms with Gasteiger partial charge in [0.15, 0.2) is 0 Å². The zero-order valence-electron chi connectivity index (χ0n) is 11.4. The summed E-state index contributed by atoms with van der Waals surface area (Å²) in [4.78, 5) is 11.9. The van der Waals surface area contributed by atoms with Gasteiger partial charge in [0.2, 0.25) is 5.91 Å². The van der Waals surface area contributed by atoms with E-state index in [1.807, 2.05) is 45.0 Å². The quantitative estimate of drug-likeness (QED) is 0.838. The fourth-order valence-electron chi connectivity index (χ4n) is 1.56. The third kappa shape index (κ3) is 3.74. The zero-order chi connectivity index (χ0) is 13.7. The standard InChI is InChI=1S/C14H22N2O2/c1-9(10(2)15)14(17)16-11(3)12-5-7-13(18-4)8-6-12/h5-11H,15H2,1-4H3,(H,16,17). The molecule has 1 amide bonds. The lowest BCUT2D eigenvalue weighted by molar-refractivity contribution is -0.125. The lowest BCUT2D eigenvalue weighted by atomic mass is 10.0. The fraction of sp³-hybridized carbons (Fsp3) is 0.500. The van der Waals surface area contributed by atoms with Gasteiger partial charge >= 0.3 is 0 Å². The van der Waals surface area contributed by atoms with Gasteiger partial charge < -0.3 is 15.8 Å². The molecular weight excluding hydrogens is 228 g/mol. The molecule has 1 rings (SSSR count). The molecule has 3 unspecified atom stereocenters. The first-order valence-corrected chi connectivity index (χ1v) is 6.15. The Morgan fingerprint density at radius 2 is 1.78 bits per heavy atom. The number of benzene rings is 1. The Morgan fingerprint density at radius 3 is 2.22 bits per heavy atom. The Labute approximate surface area is 109 Å². The highest BCUT2D eigenvalue weighted by molar-refractivity contribution is 5.79. The summed E-state index contributed by atoms with van der Waals surface area (Å²) in [6.07, 6.45) is 0. The second-order valence-corrected chi connectivity index (χ2v) is 4.65. The van der Waals surface area contributed by atoms with Crippen molar-refractivity contribution >= 4 is 5.91 Å². The largest absolute Gasteiger partial charge is 0.497 e. The molecule has 0 radical (unpaired) electrons. The lowest BCUT2D eigenvalue weighted by Crippen LogP contribution is -2.39. The normalized spacial score (nSPS) is 15.6. The molecule has 0 heterocycles. The zero-order valence-corrected chi connectivity index (χ0v) is 11.4. The maximum absolute atomic E-state index is 11.9. The molecule has 0 aliphatic carbocycles. The maximum Gasteiger partial charge on any atom is 0.224 e. The third-order valence-electron chi connectivity index (χ3n) is 3.18. The molecule has 0 aliphatic heterocycles. The van der Waals surface area contributed by atoms with Crippen LogP contribution in [0.15, 0.2) is 24.3 Å². The molecule has 1 aromatic carbocycles. The van der Waals surface area contributed by atoms with Gasteiger partial charge in [-0.3, -0.25) is 4.79 Å². The number of hydrogen-bond donors (Lipinski definition) is 2. The van der Waals surface area contributed by atoms with Gasteiger partial charge in [-0.1, -0.05) is 19.1 Å². The van der Waals surface area contributed by atoms with Crippen LogP contribution < -0.4 is 15.8 Å². The molecule has 4 nitrogen and oxygen atoms in total. The summed E-state index contributed by atoms with van der Waals surface area (Å²) in [6.45, 7) is 5.62. The number of amides is 1. The fourth-order valence-corrected chi connectivity index (χ4v) is 1.56. The first kappa shape index (κ1) is 14.5. The molecular formula is C14H22N2O2. The summed E-state index contributed by atoms with van der Waals surface area (Å²) in [7, 11) is 1.63. The van der Waals surface area contributed by atoms with E-state index in [0.29, 0.717) is 0 Å². The van der Waals surface area contributed by atoms with E-state index in [0.717, 1.165) is 11.3 Å². The third-order valence-corrected chi connectivity index (χ3v) is 3.18. The van der Waals surface area contributed by atoms with Crippen molar-refractivity contribution in [3.8, 4) is 5.75 Å². The van der Waals surface area contributed by atoms with E-state index >= 15 is 0 Å². The Balaban J connectivity index is 2.64. The van der Waals surface area contributed by atoms with Gasteiger partial charge in [-0.2, -0.15) is 0 Å². The number of hydrogen-bond acceptors (Lipinski definition) is 3. The number of nitrogens with two attached hydrogens (primary N) is 1. The molecule has 0 aromatic heterocycles. The molecule has 0 saturated heterocycles. The van der Waals surface area contributed by atoms with Crippen molar-refractivity contribution < 1.29 is 9.53 Å². The van der Waals surface area contributed by atoms with Gasteiger partial charge in [-0.25, -0.2) is 0 Å². The predicted molar refractivity (Wildman–Crippen MR) is 72.4 cm³/mol. The van der Waals surface area contributed by atoms with Crippen LogP contribution in [0, 0.1) is 5.92 Å². The number of carbonyl (C=O) groups is 1.